The molecule has 3 nitrogen and oxygen atoms in total. The third-order valence-electron chi connectivity index (χ3n) is 1.27. The normalized spacial score (nSPS) is 24.6. The van der Waals surface area contributed by atoms with Crippen LogP contribution < -0.4 is 0 Å². The SMILES string of the molecule is CN1C=CC=CC1N=N. The second-order valence-corrected chi connectivity index (χ2v) is 1.93. The average molecular weight is 123 g/mol. The zero-order valence-electron chi connectivity index (χ0n) is 5.28. The minimum absolute atomic E-state index is 0.0880. The fourth-order valence-corrected chi connectivity index (χ4v) is 0.707. The highest BCUT2D eigenvalue weighted by Gasteiger charge is 2.05. The molecule has 0 spiro atoms. The van der Waals surface area contributed by atoms with Gasteiger partial charge >= 0.3 is 0 Å². The second-order valence-electron chi connectivity index (χ2n) is 1.93. The summed E-state index contributed by atoms with van der Waals surface area (Å²) in [7, 11) is 1.89. The van der Waals surface area contributed by atoms with Crippen molar-refractivity contribution in [3.8, 4) is 0 Å². The first-order chi connectivity index (χ1) is 4.34. The van der Waals surface area contributed by atoms with E-state index >= 15 is 0 Å². The molecule has 0 aromatic rings. The van der Waals surface area contributed by atoms with Crippen LogP contribution in [0.2, 0.25) is 0 Å². The molecule has 1 unspecified atom stereocenters. The number of rotatable bonds is 1. The molecule has 48 valence electrons. The van der Waals surface area contributed by atoms with Crippen LogP contribution in [0.5, 0.6) is 0 Å². The largest absolute Gasteiger partial charge is 0.354 e. The van der Waals surface area contributed by atoms with Gasteiger partial charge in [-0.15, -0.1) is 0 Å². The van der Waals surface area contributed by atoms with Crippen molar-refractivity contribution in [2.45, 2.75) is 6.17 Å². The summed E-state index contributed by atoms with van der Waals surface area (Å²) in [5.41, 5.74) is 6.73. The predicted octanol–water partition coefficient (Wildman–Crippen LogP) is 1.36. The number of likely N-dealkylation sites (N-methyl/N-ethyl adjacent to an activating group) is 1. The van der Waals surface area contributed by atoms with E-state index in [9.17, 15) is 0 Å². The van der Waals surface area contributed by atoms with Crippen LogP contribution in [-0.2, 0) is 0 Å². The highest BCUT2D eigenvalue weighted by atomic mass is 15.2. The Labute approximate surface area is 54.2 Å². The topological polar surface area (TPSA) is 39.5 Å². The summed E-state index contributed by atoms with van der Waals surface area (Å²) in [5, 5.41) is 3.37. The molecule has 1 aliphatic rings. The molecule has 1 heterocycles. The third kappa shape index (κ3) is 1.16. The highest BCUT2D eigenvalue weighted by molar-refractivity contribution is 5.11. The van der Waals surface area contributed by atoms with Crippen LogP contribution in [0.1, 0.15) is 0 Å². The van der Waals surface area contributed by atoms with Crippen molar-refractivity contribution in [2.75, 3.05) is 7.05 Å². The lowest BCUT2D eigenvalue weighted by Crippen LogP contribution is -2.23. The Hall–Kier alpha value is -1.12. The molecule has 1 N–H and O–H groups in total. The van der Waals surface area contributed by atoms with E-state index in [1.54, 1.807) is 0 Å². The van der Waals surface area contributed by atoms with E-state index in [4.69, 9.17) is 5.53 Å². The maximum absolute atomic E-state index is 6.73. The Kier molecular flexibility index (Phi) is 1.63. The Morgan fingerprint density at radius 1 is 1.56 bits per heavy atom. The van der Waals surface area contributed by atoms with Gasteiger partial charge < -0.3 is 4.90 Å². The lowest BCUT2D eigenvalue weighted by atomic mass is 10.3. The van der Waals surface area contributed by atoms with Crippen LogP contribution in [-0.4, -0.2) is 18.1 Å². The van der Waals surface area contributed by atoms with Crippen molar-refractivity contribution in [2.24, 2.45) is 5.11 Å². The van der Waals surface area contributed by atoms with E-state index in [0.717, 1.165) is 0 Å². The van der Waals surface area contributed by atoms with Crippen LogP contribution in [0.25, 0.3) is 0 Å². The molecule has 0 saturated heterocycles. The van der Waals surface area contributed by atoms with Gasteiger partial charge in [0.25, 0.3) is 0 Å². The minimum Gasteiger partial charge on any atom is -0.354 e. The maximum atomic E-state index is 6.73. The Morgan fingerprint density at radius 2 is 2.33 bits per heavy atom. The first-order valence-corrected chi connectivity index (χ1v) is 2.78. The summed E-state index contributed by atoms with van der Waals surface area (Å²) in [4.78, 5) is 1.87. The van der Waals surface area contributed by atoms with Gasteiger partial charge in [-0.3, -0.25) is 0 Å². The van der Waals surface area contributed by atoms with E-state index in [1.807, 2.05) is 36.4 Å². The smallest absolute Gasteiger partial charge is 0.160 e. The third-order valence-corrected chi connectivity index (χ3v) is 1.27. The van der Waals surface area contributed by atoms with Crippen molar-refractivity contribution in [1.82, 2.24) is 4.90 Å². The molecule has 0 aromatic heterocycles. The van der Waals surface area contributed by atoms with E-state index in [0.29, 0.717) is 0 Å². The quantitative estimate of drug-likeness (QED) is 0.525. The van der Waals surface area contributed by atoms with Crippen molar-refractivity contribution >= 4 is 0 Å². The van der Waals surface area contributed by atoms with E-state index in [1.165, 1.54) is 0 Å². The summed E-state index contributed by atoms with van der Waals surface area (Å²) in [5.74, 6) is 0. The predicted molar refractivity (Wildman–Crippen MR) is 35.0 cm³/mol. The Morgan fingerprint density at radius 3 is 2.78 bits per heavy atom. The van der Waals surface area contributed by atoms with Crippen LogP contribution >= 0.6 is 0 Å². The lowest BCUT2D eigenvalue weighted by molar-refractivity contribution is 0.374. The van der Waals surface area contributed by atoms with Gasteiger partial charge in [-0.05, 0) is 12.2 Å². The van der Waals surface area contributed by atoms with Crippen molar-refractivity contribution in [3.05, 3.63) is 24.4 Å². The summed E-state index contributed by atoms with van der Waals surface area (Å²) in [6.07, 6.45) is 7.48. The first-order valence-electron chi connectivity index (χ1n) is 2.78. The van der Waals surface area contributed by atoms with Gasteiger partial charge in [0, 0.05) is 13.2 Å². The molecule has 9 heavy (non-hydrogen) atoms. The average Bonchev–Trinajstić information content (AvgIpc) is 1.89. The summed E-state index contributed by atoms with van der Waals surface area (Å²) in [6.45, 7) is 0. The van der Waals surface area contributed by atoms with E-state index in [2.05, 4.69) is 5.11 Å². The van der Waals surface area contributed by atoms with Crippen molar-refractivity contribution in [1.29, 1.82) is 5.53 Å². The van der Waals surface area contributed by atoms with Gasteiger partial charge in [0.15, 0.2) is 6.17 Å². The molecule has 0 radical (unpaired) electrons. The molecule has 0 aliphatic carbocycles. The fourth-order valence-electron chi connectivity index (χ4n) is 0.707. The summed E-state index contributed by atoms with van der Waals surface area (Å²) < 4.78 is 0. The molecule has 0 aromatic carbocycles. The van der Waals surface area contributed by atoms with Crippen molar-refractivity contribution < 1.29 is 0 Å². The summed E-state index contributed by atoms with van der Waals surface area (Å²) >= 11 is 0. The number of nitrogens with zero attached hydrogens (tertiary/aromatic N) is 2. The molecule has 1 atom stereocenters. The fraction of sp³-hybridized carbons (Fsp3) is 0.333. The molecule has 3 heteroatoms. The maximum Gasteiger partial charge on any atom is 0.160 e. The van der Waals surface area contributed by atoms with Gasteiger partial charge in [0.1, 0.15) is 0 Å². The van der Waals surface area contributed by atoms with Crippen LogP contribution in [0.15, 0.2) is 29.5 Å². The molecule has 0 amide bonds. The number of hydrogen-bond acceptors (Lipinski definition) is 3. The molecule has 1 aliphatic heterocycles. The first kappa shape index (κ1) is 6.01. The number of allylic oxidation sites excluding steroid dienone is 2. The molecule has 0 bridgehead atoms. The Bertz CT molecular complexity index is 160. The zero-order valence-corrected chi connectivity index (χ0v) is 5.28. The van der Waals surface area contributed by atoms with Gasteiger partial charge in [0.05, 0.1) is 0 Å². The molecule has 0 fully saturated rings. The van der Waals surface area contributed by atoms with E-state index < -0.39 is 0 Å². The molecule has 0 saturated carbocycles. The number of hydrogen-bond donors (Lipinski definition) is 1. The van der Waals surface area contributed by atoms with Crippen molar-refractivity contribution in [3.63, 3.8) is 0 Å². The minimum atomic E-state index is -0.0880. The van der Waals surface area contributed by atoms with E-state index in [-0.39, 0.29) is 6.17 Å². The molecule has 1 rings (SSSR count). The monoisotopic (exact) mass is 123 g/mol. The second kappa shape index (κ2) is 2.44. The van der Waals surface area contributed by atoms with Gasteiger partial charge in [-0.25, -0.2) is 5.53 Å². The lowest BCUT2D eigenvalue weighted by Gasteiger charge is -2.20. The Balaban J connectivity index is 2.65. The zero-order chi connectivity index (χ0) is 6.69. The van der Waals surface area contributed by atoms with Gasteiger partial charge in [-0.2, -0.15) is 5.11 Å². The molecular weight excluding hydrogens is 114 g/mol. The highest BCUT2D eigenvalue weighted by Crippen LogP contribution is 2.05. The van der Waals surface area contributed by atoms with Crippen LogP contribution in [0.3, 0.4) is 0 Å². The van der Waals surface area contributed by atoms with Gasteiger partial charge in [-0.1, -0.05) is 6.08 Å². The van der Waals surface area contributed by atoms with Crippen LogP contribution in [0.4, 0.5) is 0 Å². The van der Waals surface area contributed by atoms with Crippen LogP contribution in [0, 0.1) is 5.53 Å². The molecular formula is C6H9N3. The van der Waals surface area contributed by atoms with Gasteiger partial charge in [0.2, 0.25) is 0 Å². The summed E-state index contributed by atoms with van der Waals surface area (Å²) in [6, 6.07) is 0. The standard InChI is InChI=1S/C6H9N3/c1-9-5-3-2-4-6(9)8-7/h2-7H,1H3. The number of nitrogens with one attached hydrogen (secondary N) is 1.